The van der Waals surface area contributed by atoms with Crippen LogP contribution in [0.25, 0.3) is 22.4 Å². The third-order valence-electron chi connectivity index (χ3n) is 7.63. The molecule has 2 aliphatic rings. The van der Waals surface area contributed by atoms with Crippen molar-refractivity contribution in [1.29, 1.82) is 0 Å². The lowest BCUT2D eigenvalue weighted by Crippen LogP contribution is -2.38. The SMILES string of the molecule is [B]C1(c2ccc(-c3ccc(-c4ccccc4C)nc3)cc2)CCC2CCCCC2C1. The number of nitrogens with zero attached hydrogens (tertiary/aromatic N) is 1. The fraction of sp³-hybridized carbons (Fsp3) is 0.393. The van der Waals surface area contributed by atoms with Crippen molar-refractivity contribution >= 4 is 7.85 Å². The Bertz CT molecular complexity index is 1010. The minimum atomic E-state index is -0.149. The highest BCUT2D eigenvalue weighted by atomic mass is 14.7. The molecule has 3 atom stereocenters. The van der Waals surface area contributed by atoms with E-state index in [0.29, 0.717) is 0 Å². The Labute approximate surface area is 182 Å². The summed E-state index contributed by atoms with van der Waals surface area (Å²) in [6.07, 6.45) is 11.2. The van der Waals surface area contributed by atoms with Crippen molar-refractivity contribution in [3.63, 3.8) is 0 Å². The van der Waals surface area contributed by atoms with Crippen LogP contribution < -0.4 is 0 Å². The van der Waals surface area contributed by atoms with Crippen LogP contribution in [0.1, 0.15) is 56.1 Å². The number of aryl methyl sites for hydroxylation is 1. The number of hydrogen-bond acceptors (Lipinski definition) is 1. The van der Waals surface area contributed by atoms with Gasteiger partial charge in [-0.15, -0.1) is 0 Å². The van der Waals surface area contributed by atoms with Crippen molar-refractivity contribution in [3.05, 3.63) is 78.0 Å². The summed E-state index contributed by atoms with van der Waals surface area (Å²) in [5.74, 6) is 1.75. The Kier molecular flexibility index (Phi) is 5.27. The summed E-state index contributed by atoms with van der Waals surface area (Å²) in [6, 6.07) is 21.7. The number of rotatable bonds is 3. The molecule has 1 aromatic heterocycles. The second-order valence-electron chi connectivity index (χ2n) is 9.53. The van der Waals surface area contributed by atoms with Gasteiger partial charge in [-0.2, -0.15) is 0 Å². The lowest BCUT2D eigenvalue weighted by molar-refractivity contribution is 0.141. The highest BCUT2D eigenvalue weighted by Gasteiger charge is 2.39. The molecule has 30 heavy (non-hydrogen) atoms. The van der Waals surface area contributed by atoms with Gasteiger partial charge in [-0.25, -0.2) is 0 Å². The maximum Gasteiger partial charge on any atom is 0.0810 e. The normalized spacial score (nSPS) is 26.2. The number of benzene rings is 2. The third-order valence-corrected chi connectivity index (χ3v) is 7.63. The second kappa shape index (κ2) is 8.06. The summed E-state index contributed by atoms with van der Waals surface area (Å²) < 4.78 is 0. The average molecular weight is 391 g/mol. The Morgan fingerprint density at radius 3 is 2.30 bits per heavy atom. The van der Waals surface area contributed by atoms with Gasteiger partial charge in [0, 0.05) is 17.3 Å². The van der Waals surface area contributed by atoms with E-state index in [1.165, 1.54) is 54.4 Å². The molecular formula is C28H30BN. The van der Waals surface area contributed by atoms with Crippen LogP contribution in [0.2, 0.25) is 0 Å². The summed E-state index contributed by atoms with van der Waals surface area (Å²) in [5, 5.41) is -0.149. The molecular weight excluding hydrogens is 361 g/mol. The van der Waals surface area contributed by atoms with Gasteiger partial charge in [0.05, 0.1) is 13.5 Å². The predicted molar refractivity (Wildman–Crippen MR) is 127 cm³/mol. The first kappa shape index (κ1) is 19.6. The molecule has 0 spiro atoms. The van der Waals surface area contributed by atoms with Crippen molar-refractivity contribution in [1.82, 2.24) is 4.98 Å². The molecule has 0 saturated heterocycles. The van der Waals surface area contributed by atoms with Crippen LogP contribution >= 0.6 is 0 Å². The Balaban J connectivity index is 1.34. The van der Waals surface area contributed by atoms with E-state index in [-0.39, 0.29) is 5.31 Å². The standard InChI is InChI=1S/C28H30BN/c1-20-6-2-5-9-26(20)27-15-12-24(19-30-27)22-10-13-25(14-11-22)28(29)17-16-21-7-3-4-8-23(21)18-28/h2,5-6,9-15,19,21,23H,3-4,7-8,16-18H2,1H3. The fourth-order valence-corrected chi connectivity index (χ4v) is 5.79. The smallest absolute Gasteiger partial charge is 0.0810 e. The van der Waals surface area contributed by atoms with Crippen LogP contribution in [0.3, 0.4) is 0 Å². The number of pyridine rings is 1. The predicted octanol–water partition coefficient (Wildman–Crippen LogP) is 7.08. The summed E-state index contributed by atoms with van der Waals surface area (Å²) in [7, 11) is 6.96. The third kappa shape index (κ3) is 3.73. The van der Waals surface area contributed by atoms with Gasteiger partial charge in [0.15, 0.2) is 0 Å². The van der Waals surface area contributed by atoms with Gasteiger partial charge in [-0.1, -0.05) is 98.7 Å². The van der Waals surface area contributed by atoms with E-state index >= 15 is 0 Å². The number of hydrogen-bond donors (Lipinski definition) is 0. The van der Waals surface area contributed by atoms with Gasteiger partial charge >= 0.3 is 0 Å². The Morgan fingerprint density at radius 2 is 1.57 bits per heavy atom. The van der Waals surface area contributed by atoms with E-state index in [1.54, 1.807) is 0 Å². The summed E-state index contributed by atoms with van der Waals surface area (Å²) in [6.45, 7) is 2.13. The van der Waals surface area contributed by atoms with Gasteiger partial charge < -0.3 is 0 Å². The molecule has 1 nitrogen and oxygen atoms in total. The van der Waals surface area contributed by atoms with Gasteiger partial charge in [0.1, 0.15) is 0 Å². The zero-order valence-electron chi connectivity index (χ0n) is 18.0. The molecule has 150 valence electrons. The molecule has 2 aliphatic carbocycles. The zero-order valence-corrected chi connectivity index (χ0v) is 18.0. The Hall–Kier alpha value is -2.35. The Morgan fingerprint density at radius 1 is 0.833 bits per heavy atom. The molecule has 1 heterocycles. The lowest BCUT2D eigenvalue weighted by atomic mass is 9.51. The molecule has 3 aromatic rings. The first-order valence-electron chi connectivity index (χ1n) is 11.5. The lowest BCUT2D eigenvalue weighted by Gasteiger charge is -2.46. The first-order valence-corrected chi connectivity index (χ1v) is 11.5. The highest BCUT2D eigenvalue weighted by Crippen LogP contribution is 2.48. The van der Waals surface area contributed by atoms with Crippen molar-refractivity contribution in [3.8, 4) is 22.4 Å². The summed E-state index contributed by atoms with van der Waals surface area (Å²) in [5.41, 5.74) is 7.14. The molecule has 2 saturated carbocycles. The second-order valence-corrected chi connectivity index (χ2v) is 9.53. The van der Waals surface area contributed by atoms with Crippen LogP contribution in [0, 0.1) is 18.8 Å². The molecule has 0 N–H and O–H groups in total. The largest absolute Gasteiger partial charge is 0.256 e. The van der Waals surface area contributed by atoms with Crippen LogP contribution in [-0.2, 0) is 5.31 Å². The first-order chi connectivity index (χ1) is 14.6. The maximum absolute atomic E-state index is 6.96. The van der Waals surface area contributed by atoms with E-state index in [4.69, 9.17) is 12.8 Å². The van der Waals surface area contributed by atoms with Crippen LogP contribution in [0.15, 0.2) is 66.9 Å². The van der Waals surface area contributed by atoms with Gasteiger partial charge in [0.2, 0.25) is 0 Å². The van der Waals surface area contributed by atoms with Gasteiger partial charge in [-0.3, -0.25) is 4.98 Å². The van der Waals surface area contributed by atoms with Crippen LogP contribution in [-0.4, -0.2) is 12.8 Å². The highest BCUT2D eigenvalue weighted by molar-refractivity contribution is 6.16. The van der Waals surface area contributed by atoms with E-state index in [9.17, 15) is 0 Å². The maximum atomic E-state index is 6.96. The molecule has 3 unspecified atom stereocenters. The molecule has 2 aromatic carbocycles. The van der Waals surface area contributed by atoms with Crippen LogP contribution in [0.4, 0.5) is 0 Å². The minimum absolute atomic E-state index is 0.149. The summed E-state index contributed by atoms with van der Waals surface area (Å²) in [4.78, 5) is 4.73. The molecule has 0 amide bonds. The average Bonchev–Trinajstić information content (AvgIpc) is 2.80. The van der Waals surface area contributed by atoms with Crippen molar-refractivity contribution in [2.45, 2.75) is 57.2 Å². The van der Waals surface area contributed by atoms with E-state index in [1.807, 2.05) is 6.20 Å². The molecule has 0 bridgehead atoms. The molecule has 2 radical (unpaired) electrons. The van der Waals surface area contributed by atoms with Crippen molar-refractivity contribution < 1.29 is 0 Å². The van der Waals surface area contributed by atoms with Crippen LogP contribution in [0.5, 0.6) is 0 Å². The van der Waals surface area contributed by atoms with E-state index in [0.717, 1.165) is 35.9 Å². The summed E-state index contributed by atoms with van der Waals surface area (Å²) >= 11 is 0. The van der Waals surface area contributed by atoms with Gasteiger partial charge in [0.25, 0.3) is 0 Å². The van der Waals surface area contributed by atoms with Crippen molar-refractivity contribution in [2.24, 2.45) is 11.8 Å². The molecule has 0 aliphatic heterocycles. The number of aromatic nitrogens is 1. The number of fused-ring (bicyclic) bond motifs is 1. The van der Waals surface area contributed by atoms with Gasteiger partial charge in [-0.05, 0) is 47.7 Å². The molecule has 5 rings (SSSR count). The van der Waals surface area contributed by atoms with Crippen molar-refractivity contribution in [2.75, 3.05) is 0 Å². The molecule has 2 heteroatoms. The topological polar surface area (TPSA) is 12.9 Å². The quantitative estimate of drug-likeness (QED) is 0.435. The molecule has 2 fully saturated rings. The minimum Gasteiger partial charge on any atom is -0.256 e. The monoisotopic (exact) mass is 391 g/mol. The van der Waals surface area contributed by atoms with E-state index < -0.39 is 0 Å². The zero-order chi connectivity index (χ0) is 20.6. The van der Waals surface area contributed by atoms with E-state index in [2.05, 4.69) is 67.6 Å². The fourth-order valence-electron chi connectivity index (χ4n) is 5.79.